The van der Waals surface area contributed by atoms with E-state index in [1.165, 1.54) is 0 Å². The molecule has 94 valence electrons. The van der Waals surface area contributed by atoms with Gasteiger partial charge in [0.25, 0.3) is 0 Å². The van der Waals surface area contributed by atoms with Crippen molar-refractivity contribution in [1.29, 1.82) is 0 Å². The minimum absolute atomic E-state index is 0.0435. The summed E-state index contributed by atoms with van der Waals surface area (Å²) in [5.74, 6) is 0.0492. The molecule has 0 spiro atoms. The van der Waals surface area contributed by atoms with Gasteiger partial charge in [-0.2, -0.15) is 0 Å². The van der Waals surface area contributed by atoms with Crippen molar-refractivity contribution >= 4 is 5.91 Å². The summed E-state index contributed by atoms with van der Waals surface area (Å²) in [6.45, 7) is 3.22. The molecule has 0 bridgehead atoms. The molecule has 0 aliphatic carbocycles. The SMILES string of the molecule is CCCC(C(=O)NCCOC)c1ccccc1. The van der Waals surface area contributed by atoms with E-state index in [4.69, 9.17) is 4.74 Å². The zero-order chi connectivity index (χ0) is 12.5. The van der Waals surface area contributed by atoms with Gasteiger partial charge < -0.3 is 10.1 Å². The summed E-state index contributed by atoms with van der Waals surface area (Å²) in [4.78, 5) is 12.0. The number of ether oxygens (including phenoxy) is 1. The summed E-state index contributed by atoms with van der Waals surface area (Å²) < 4.78 is 4.92. The molecular weight excluding hydrogens is 214 g/mol. The highest BCUT2D eigenvalue weighted by Gasteiger charge is 2.18. The first-order valence-electron chi connectivity index (χ1n) is 6.11. The van der Waals surface area contributed by atoms with E-state index >= 15 is 0 Å². The summed E-state index contributed by atoms with van der Waals surface area (Å²) in [6, 6.07) is 9.93. The van der Waals surface area contributed by atoms with Crippen LogP contribution in [0.4, 0.5) is 0 Å². The third-order valence-corrected chi connectivity index (χ3v) is 2.70. The first-order valence-corrected chi connectivity index (χ1v) is 6.11. The van der Waals surface area contributed by atoms with Crippen LogP contribution >= 0.6 is 0 Å². The smallest absolute Gasteiger partial charge is 0.227 e. The topological polar surface area (TPSA) is 38.3 Å². The fourth-order valence-corrected chi connectivity index (χ4v) is 1.82. The second-order valence-corrected chi connectivity index (χ2v) is 4.04. The summed E-state index contributed by atoms with van der Waals surface area (Å²) in [6.07, 6.45) is 1.88. The van der Waals surface area contributed by atoms with Crippen LogP contribution in [0.25, 0.3) is 0 Å². The zero-order valence-electron chi connectivity index (χ0n) is 10.6. The molecule has 1 unspecified atom stereocenters. The number of methoxy groups -OCH3 is 1. The molecule has 1 rings (SSSR count). The van der Waals surface area contributed by atoms with Crippen LogP contribution in [-0.2, 0) is 9.53 Å². The molecule has 0 aromatic heterocycles. The Bertz CT molecular complexity index is 324. The van der Waals surface area contributed by atoms with E-state index in [0.29, 0.717) is 13.2 Å². The van der Waals surface area contributed by atoms with E-state index in [2.05, 4.69) is 12.2 Å². The molecular formula is C14H21NO2. The molecule has 0 heterocycles. The van der Waals surface area contributed by atoms with Crippen LogP contribution in [0.3, 0.4) is 0 Å². The van der Waals surface area contributed by atoms with Gasteiger partial charge in [-0.05, 0) is 12.0 Å². The first-order chi connectivity index (χ1) is 8.29. The van der Waals surface area contributed by atoms with Crippen LogP contribution in [0.15, 0.2) is 30.3 Å². The molecule has 0 fully saturated rings. The molecule has 3 nitrogen and oxygen atoms in total. The van der Waals surface area contributed by atoms with Gasteiger partial charge in [0.15, 0.2) is 0 Å². The van der Waals surface area contributed by atoms with Crippen molar-refractivity contribution < 1.29 is 9.53 Å². The van der Waals surface area contributed by atoms with Gasteiger partial charge in [-0.1, -0.05) is 43.7 Å². The Morgan fingerprint density at radius 1 is 1.35 bits per heavy atom. The van der Waals surface area contributed by atoms with Gasteiger partial charge in [0.1, 0.15) is 0 Å². The van der Waals surface area contributed by atoms with E-state index in [1.807, 2.05) is 30.3 Å². The zero-order valence-corrected chi connectivity index (χ0v) is 10.6. The van der Waals surface area contributed by atoms with E-state index in [1.54, 1.807) is 7.11 Å². The molecule has 1 aromatic rings. The Labute approximate surface area is 103 Å². The summed E-state index contributed by atoms with van der Waals surface area (Å²) in [7, 11) is 1.63. The van der Waals surface area contributed by atoms with E-state index in [-0.39, 0.29) is 11.8 Å². The number of nitrogens with one attached hydrogen (secondary N) is 1. The van der Waals surface area contributed by atoms with Crippen molar-refractivity contribution in [2.45, 2.75) is 25.7 Å². The third kappa shape index (κ3) is 4.57. The second-order valence-electron chi connectivity index (χ2n) is 4.04. The molecule has 1 N–H and O–H groups in total. The normalized spacial score (nSPS) is 12.1. The van der Waals surface area contributed by atoms with Crippen LogP contribution in [0.2, 0.25) is 0 Å². The van der Waals surface area contributed by atoms with E-state index < -0.39 is 0 Å². The van der Waals surface area contributed by atoms with E-state index in [9.17, 15) is 4.79 Å². The van der Waals surface area contributed by atoms with Crippen LogP contribution in [-0.4, -0.2) is 26.2 Å². The second kappa shape index (κ2) is 7.85. The fourth-order valence-electron chi connectivity index (χ4n) is 1.82. The molecule has 17 heavy (non-hydrogen) atoms. The lowest BCUT2D eigenvalue weighted by atomic mass is 9.94. The molecule has 1 aromatic carbocycles. The van der Waals surface area contributed by atoms with Crippen molar-refractivity contribution in [2.24, 2.45) is 0 Å². The summed E-state index contributed by atoms with van der Waals surface area (Å²) in [5, 5.41) is 2.90. The fraction of sp³-hybridized carbons (Fsp3) is 0.500. The van der Waals surface area contributed by atoms with Crippen LogP contribution in [0, 0.1) is 0 Å². The number of benzene rings is 1. The standard InChI is InChI=1S/C14H21NO2/c1-3-7-13(12-8-5-4-6-9-12)14(16)15-10-11-17-2/h4-6,8-9,13H,3,7,10-11H2,1-2H3,(H,15,16). The summed E-state index contributed by atoms with van der Waals surface area (Å²) >= 11 is 0. The average Bonchev–Trinajstić information content (AvgIpc) is 2.37. The number of carbonyl (C=O) groups excluding carboxylic acids is 1. The van der Waals surface area contributed by atoms with E-state index in [0.717, 1.165) is 18.4 Å². The van der Waals surface area contributed by atoms with Gasteiger partial charge in [0, 0.05) is 13.7 Å². The number of amides is 1. The van der Waals surface area contributed by atoms with Gasteiger partial charge in [-0.3, -0.25) is 4.79 Å². The van der Waals surface area contributed by atoms with Crippen LogP contribution < -0.4 is 5.32 Å². The maximum absolute atomic E-state index is 12.0. The van der Waals surface area contributed by atoms with Gasteiger partial charge in [0.2, 0.25) is 5.91 Å². The average molecular weight is 235 g/mol. The molecule has 3 heteroatoms. The lowest BCUT2D eigenvalue weighted by Crippen LogP contribution is -2.31. The van der Waals surface area contributed by atoms with Gasteiger partial charge in [-0.15, -0.1) is 0 Å². The number of rotatable bonds is 7. The predicted molar refractivity (Wildman–Crippen MR) is 69.0 cm³/mol. The van der Waals surface area contributed by atoms with Gasteiger partial charge in [0.05, 0.1) is 12.5 Å². The minimum Gasteiger partial charge on any atom is -0.383 e. The van der Waals surface area contributed by atoms with Crippen molar-refractivity contribution in [3.63, 3.8) is 0 Å². The Balaban J connectivity index is 2.62. The Kier molecular flexibility index (Phi) is 6.33. The molecule has 1 atom stereocenters. The lowest BCUT2D eigenvalue weighted by Gasteiger charge is -2.16. The Morgan fingerprint density at radius 2 is 2.06 bits per heavy atom. The molecule has 0 radical (unpaired) electrons. The van der Waals surface area contributed by atoms with Crippen molar-refractivity contribution in [3.8, 4) is 0 Å². The number of hydrogen-bond acceptors (Lipinski definition) is 2. The Morgan fingerprint density at radius 3 is 2.65 bits per heavy atom. The van der Waals surface area contributed by atoms with Crippen molar-refractivity contribution in [1.82, 2.24) is 5.32 Å². The van der Waals surface area contributed by atoms with Crippen molar-refractivity contribution in [2.75, 3.05) is 20.3 Å². The minimum atomic E-state index is -0.0435. The molecule has 0 aliphatic rings. The number of hydrogen-bond donors (Lipinski definition) is 1. The molecule has 0 saturated heterocycles. The third-order valence-electron chi connectivity index (χ3n) is 2.70. The van der Waals surface area contributed by atoms with Gasteiger partial charge in [-0.25, -0.2) is 0 Å². The highest BCUT2D eigenvalue weighted by Crippen LogP contribution is 2.21. The maximum Gasteiger partial charge on any atom is 0.227 e. The lowest BCUT2D eigenvalue weighted by molar-refractivity contribution is -0.122. The molecule has 1 amide bonds. The van der Waals surface area contributed by atoms with Gasteiger partial charge >= 0.3 is 0 Å². The molecule has 0 saturated carbocycles. The summed E-state index contributed by atoms with van der Waals surface area (Å²) in [5.41, 5.74) is 1.09. The van der Waals surface area contributed by atoms with Crippen LogP contribution in [0.5, 0.6) is 0 Å². The number of carbonyl (C=O) groups is 1. The van der Waals surface area contributed by atoms with Crippen molar-refractivity contribution in [3.05, 3.63) is 35.9 Å². The monoisotopic (exact) mass is 235 g/mol. The molecule has 0 aliphatic heterocycles. The maximum atomic E-state index is 12.0. The first kappa shape index (κ1) is 13.7. The van der Waals surface area contributed by atoms with Crippen LogP contribution in [0.1, 0.15) is 31.2 Å². The quantitative estimate of drug-likeness (QED) is 0.737. The Hall–Kier alpha value is -1.35. The highest BCUT2D eigenvalue weighted by atomic mass is 16.5. The largest absolute Gasteiger partial charge is 0.383 e. The predicted octanol–water partition coefficient (Wildman–Crippen LogP) is 2.33. The highest BCUT2D eigenvalue weighted by molar-refractivity contribution is 5.83.